The fraction of sp³-hybridized carbons (Fsp3) is 0.190. The molecule has 26 heavy (non-hydrogen) atoms. The number of rotatable bonds is 3. The SMILES string of the molecule is Cc1sc(Oc2ccc(-n3cccc3)cc2)c2c1CCc1cnn(C)c1-2. The number of fused-ring (bicyclic) bond motifs is 3. The summed E-state index contributed by atoms with van der Waals surface area (Å²) in [5.74, 6) is 0.860. The molecule has 4 aromatic rings. The summed E-state index contributed by atoms with van der Waals surface area (Å²) in [6.45, 7) is 2.19. The lowest BCUT2D eigenvalue weighted by Gasteiger charge is -2.16. The van der Waals surface area contributed by atoms with Gasteiger partial charge in [0.2, 0.25) is 0 Å². The van der Waals surface area contributed by atoms with E-state index in [1.165, 1.54) is 27.3 Å². The lowest BCUT2D eigenvalue weighted by Crippen LogP contribution is -2.05. The Labute approximate surface area is 156 Å². The molecule has 0 saturated heterocycles. The quantitative estimate of drug-likeness (QED) is 0.506. The van der Waals surface area contributed by atoms with Crippen LogP contribution in [-0.4, -0.2) is 14.3 Å². The smallest absolute Gasteiger partial charge is 0.190 e. The molecule has 1 aliphatic rings. The van der Waals surface area contributed by atoms with Crippen LogP contribution in [0.1, 0.15) is 16.0 Å². The molecular weight excluding hydrogens is 342 g/mol. The third kappa shape index (κ3) is 2.39. The van der Waals surface area contributed by atoms with E-state index in [2.05, 4.69) is 28.7 Å². The monoisotopic (exact) mass is 361 g/mol. The number of hydrogen-bond acceptors (Lipinski definition) is 3. The zero-order valence-corrected chi connectivity index (χ0v) is 15.6. The first kappa shape index (κ1) is 15.5. The molecular formula is C21H19N3OS. The Morgan fingerprint density at radius 3 is 2.62 bits per heavy atom. The van der Waals surface area contributed by atoms with Crippen LogP contribution in [0.5, 0.6) is 10.8 Å². The zero-order chi connectivity index (χ0) is 17.7. The lowest BCUT2D eigenvalue weighted by atomic mass is 9.92. The van der Waals surface area contributed by atoms with Gasteiger partial charge >= 0.3 is 0 Å². The Hall–Kier alpha value is -2.79. The van der Waals surface area contributed by atoms with Gasteiger partial charge in [-0.3, -0.25) is 4.68 Å². The van der Waals surface area contributed by atoms with Gasteiger partial charge in [0.1, 0.15) is 5.75 Å². The minimum atomic E-state index is 0.860. The van der Waals surface area contributed by atoms with Crippen molar-refractivity contribution in [2.24, 2.45) is 7.05 Å². The maximum absolute atomic E-state index is 6.32. The fourth-order valence-electron chi connectivity index (χ4n) is 3.71. The van der Waals surface area contributed by atoms with Crippen LogP contribution in [0.2, 0.25) is 0 Å². The van der Waals surface area contributed by atoms with E-state index in [9.17, 15) is 0 Å². The normalized spacial score (nSPS) is 12.7. The number of benzene rings is 1. The van der Waals surface area contributed by atoms with Crippen molar-refractivity contribution in [1.29, 1.82) is 0 Å². The Bertz CT molecular complexity index is 1070. The average molecular weight is 361 g/mol. The van der Waals surface area contributed by atoms with Crippen molar-refractivity contribution < 1.29 is 4.74 Å². The van der Waals surface area contributed by atoms with Gasteiger partial charge in [0.15, 0.2) is 5.06 Å². The summed E-state index contributed by atoms with van der Waals surface area (Å²) in [7, 11) is 2.01. The van der Waals surface area contributed by atoms with Gasteiger partial charge in [0.05, 0.1) is 17.5 Å². The minimum Gasteiger partial charge on any atom is -0.446 e. The highest BCUT2D eigenvalue weighted by Gasteiger charge is 2.27. The summed E-state index contributed by atoms with van der Waals surface area (Å²) in [4.78, 5) is 1.34. The van der Waals surface area contributed by atoms with E-state index in [4.69, 9.17) is 4.74 Å². The van der Waals surface area contributed by atoms with E-state index < -0.39 is 0 Å². The highest BCUT2D eigenvalue weighted by atomic mass is 32.1. The van der Waals surface area contributed by atoms with Gasteiger partial charge in [-0.25, -0.2) is 0 Å². The zero-order valence-electron chi connectivity index (χ0n) is 14.8. The summed E-state index contributed by atoms with van der Waals surface area (Å²) in [5, 5.41) is 5.43. The molecule has 130 valence electrons. The molecule has 0 bridgehead atoms. The summed E-state index contributed by atoms with van der Waals surface area (Å²) in [6, 6.07) is 12.3. The highest BCUT2D eigenvalue weighted by molar-refractivity contribution is 7.14. The molecule has 0 aliphatic heterocycles. The van der Waals surface area contributed by atoms with E-state index in [-0.39, 0.29) is 0 Å². The van der Waals surface area contributed by atoms with E-state index in [0.29, 0.717) is 0 Å². The van der Waals surface area contributed by atoms with Crippen molar-refractivity contribution in [3.8, 4) is 27.8 Å². The molecule has 0 atom stereocenters. The van der Waals surface area contributed by atoms with Crippen molar-refractivity contribution in [3.05, 3.63) is 71.0 Å². The van der Waals surface area contributed by atoms with Crippen LogP contribution in [-0.2, 0) is 19.9 Å². The first-order valence-electron chi connectivity index (χ1n) is 8.75. The fourth-order valence-corrected chi connectivity index (χ4v) is 4.78. The highest BCUT2D eigenvalue weighted by Crippen LogP contribution is 2.48. The van der Waals surface area contributed by atoms with E-state index in [1.807, 2.05) is 54.6 Å². The average Bonchev–Trinajstić information content (AvgIpc) is 3.37. The summed E-state index contributed by atoms with van der Waals surface area (Å²) >= 11 is 1.73. The largest absolute Gasteiger partial charge is 0.446 e. The molecule has 0 unspecified atom stereocenters. The van der Waals surface area contributed by atoms with Crippen LogP contribution >= 0.6 is 11.3 Å². The van der Waals surface area contributed by atoms with Gasteiger partial charge in [0, 0.05) is 30.0 Å². The topological polar surface area (TPSA) is 32.0 Å². The van der Waals surface area contributed by atoms with Crippen molar-refractivity contribution in [2.75, 3.05) is 0 Å². The van der Waals surface area contributed by atoms with Gasteiger partial charge < -0.3 is 9.30 Å². The van der Waals surface area contributed by atoms with Crippen LogP contribution < -0.4 is 4.74 Å². The number of thiophene rings is 1. The molecule has 0 amide bonds. The first-order chi connectivity index (χ1) is 12.7. The van der Waals surface area contributed by atoms with Crippen molar-refractivity contribution in [1.82, 2.24) is 14.3 Å². The minimum absolute atomic E-state index is 0.860. The number of aryl methyl sites for hydroxylation is 3. The van der Waals surface area contributed by atoms with Gasteiger partial charge in [-0.2, -0.15) is 5.10 Å². The molecule has 4 nitrogen and oxygen atoms in total. The van der Waals surface area contributed by atoms with Crippen LogP contribution in [0.3, 0.4) is 0 Å². The molecule has 3 aromatic heterocycles. The van der Waals surface area contributed by atoms with Crippen molar-refractivity contribution in [2.45, 2.75) is 19.8 Å². The van der Waals surface area contributed by atoms with E-state index in [1.54, 1.807) is 11.3 Å². The second kappa shape index (κ2) is 5.88. The number of hydrogen-bond donors (Lipinski definition) is 0. The molecule has 5 heteroatoms. The lowest BCUT2D eigenvalue weighted by molar-refractivity contribution is 0.497. The summed E-state index contributed by atoms with van der Waals surface area (Å²) in [6.07, 6.45) is 8.18. The van der Waals surface area contributed by atoms with Gasteiger partial charge in [-0.05, 0) is 67.3 Å². The Morgan fingerprint density at radius 2 is 1.85 bits per heavy atom. The Morgan fingerprint density at radius 1 is 1.08 bits per heavy atom. The maximum atomic E-state index is 6.32. The van der Waals surface area contributed by atoms with Crippen molar-refractivity contribution >= 4 is 11.3 Å². The van der Waals surface area contributed by atoms with E-state index >= 15 is 0 Å². The van der Waals surface area contributed by atoms with Gasteiger partial charge in [-0.1, -0.05) is 0 Å². The second-order valence-electron chi connectivity index (χ2n) is 6.63. The number of ether oxygens (including phenoxy) is 1. The molecule has 1 aromatic carbocycles. The molecule has 0 spiro atoms. The predicted molar refractivity (Wildman–Crippen MR) is 105 cm³/mol. The predicted octanol–water partition coefficient (Wildman–Crippen LogP) is 5.14. The van der Waals surface area contributed by atoms with Gasteiger partial charge in [0.25, 0.3) is 0 Å². The van der Waals surface area contributed by atoms with Crippen LogP contribution in [0.4, 0.5) is 0 Å². The second-order valence-corrected chi connectivity index (χ2v) is 7.81. The molecule has 0 radical (unpaired) electrons. The standard InChI is InChI=1S/C21H19N3OS/c1-14-18-10-5-15-13-22-23(2)20(15)19(18)21(26-14)25-17-8-6-16(7-9-17)24-11-3-4-12-24/h3-4,6-9,11-13H,5,10H2,1-2H3. The number of aromatic nitrogens is 3. The Kier molecular flexibility index (Phi) is 3.50. The summed E-state index contributed by atoms with van der Waals surface area (Å²) < 4.78 is 10.4. The number of nitrogens with zero attached hydrogens (tertiary/aromatic N) is 3. The molecule has 0 fully saturated rings. The molecule has 0 saturated carbocycles. The third-order valence-corrected chi connectivity index (χ3v) is 6.05. The third-order valence-electron chi connectivity index (χ3n) is 5.02. The molecule has 3 heterocycles. The van der Waals surface area contributed by atoms with Crippen molar-refractivity contribution in [3.63, 3.8) is 0 Å². The van der Waals surface area contributed by atoms with Crippen LogP contribution in [0.25, 0.3) is 16.9 Å². The first-order valence-corrected chi connectivity index (χ1v) is 9.57. The molecule has 5 rings (SSSR count). The summed E-state index contributed by atoms with van der Waals surface area (Å²) in [5.41, 5.74) is 6.27. The van der Waals surface area contributed by atoms with E-state index in [0.717, 1.165) is 29.3 Å². The van der Waals surface area contributed by atoms with Crippen LogP contribution in [0, 0.1) is 6.92 Å². The molecule has 1 aliphatic carbocycles. The van der Waals surface area contributed by atoms with Crippen LogP contribution in [0.15, 0.2) is 55.0 Å². The van der Waals surface area contributed by atoms with Gasteiger partial charge in [-0.15, -0.1) is 11.3 Å². The molecule has 0 N–H and O–H groups in total. The maximum Gasteiger partial charge on any atom is 0.190 e. The Balaban J connectivity index is 1.52.